The Morgan fingerprint density at radius 2 is 2.00 bits per heavy atom. The van der Waals surface area contributed by atoms with Gasteiger partial charge in [0.1, 0.15) is 0 Å². The number of nitrogens with two attached hydrogens (primary N) is 1. The van der Waals surface area contributed by atoms with Gasteiger partial charge >= 0.3 is 0 Å². The molecule has 2 unspecified atom stereocenters. The zero-order valence-corrected chi connectivity index (χ0v) is 10.8. The first-order valence-electron chi connectivity index (χ1n) is 5.55. The fourth-order valence-corrected chi connectivity index (χ4v) is 3.39. The van der Waals surface area contributed by atoms with Crippen LogP contribution in [0, 0.1) is 5.92 Å². The van der Waals surface area contributed by atoms with E-state index < -0.39 is 0 Å². The van der Waals surface area contributed by atoms with Gasteiger partial charge in [-0.05, 0) is 18.1 Å². The molecule has 1 aromatic carbocycles. The van der Waals surface area contributed by atoms with Crippen molar-refractivity contribution in [1.29, 1.82) is 0 Å². The van der Waals surface area contributed by atoms with E-state index in [1.165, 1.54) is 0 Å². The molecule has 0 saturated carbocycles. The maximum Gasteiger partial charge on any atom is 0.229 e. The number of hydrogen-bond acceptors (Lipinski definition) is 3. The molecule has 1 aliphatic rings. The van der Waals surface area contributed by atoms with Gasteiger partial charge in [-0.1, -0.05) is 30.3 Å². The number of benzene rings is 1. The summed E-state index contributed by atoms with van der Waals surface area (Å²) in [6.45, 7) is 1.99. The molecule has 2 atom stereocenters. The Kier molecular flexibility index (Phi) is 3.54. The first kappa shape index (κ1) is 12.2. The van der Waals surface area contributed by atoms with E-state index in [-0.39, 0.29) is 17.2 Å². The number of thioether (sulfide) groups is 1. The molecule has 3 nitrogen and oxygen atoms in total. The van der Waals surface area contributed by atoms with Crippen molar-refractivity contribution in [2.75, 3.05) is 7.05 Å². The van der Waals surface area contributed by atoms with E-state index >= 15 is 0 Å². The number of carbonyl (C=O) groups is 1. The number of carbonyl (C=O) groups excluding carboxylic acids is 1. The Bertz CT molecular complexity index is 456. The van der Waals surface area contributed by atoms with Gasteiger partial charge in [0, 0.05) is 12.0 Å². The van der Waals surface area contributed by atoms with E-state index in [9.17, 15) is 4.79 Å². The maximum atomic E-state index is 11.8. The summed E-state index contributed by atoms with van der Waals surface area (Å²) in [6.07, 6.45) is 0. The summed E-state index contributed by atoms with van der Waals surface area (Å²) in [5.74, 6) is -0.228. The first-order chi connectivity index (χ1) is 8.15. The van der Waals surface area contributed by atoms with E-state index in [1.807, 2.05) is 37.3 Å². The SMILES string of the molecule is CNC(=O)C1C(C)=C(c2ccccc2)SC1N. The molecule has 0 aliphatic carbocycles. The maximum absolute atomic E-state index is 11.8. The molecule has 0 spiro atoms. The fraction of sp³-hybridized carbons (Fsp3) is 0.308. The number of rotatable bonds is 2. The lowest BCUT2D eigenvalue weighted by Crippen LogP contribution is -2.37. The fourth-order valence-electron chi connectivity index (χ4n) is 2.07. The van der Waals surface area contributed by atoms with E-state index in [0.717, 1.165) is 16.0 Å². The highest BCUT2D eigenvalue weighted by Gasteiger charge is 2.35. The highest BCUT2D eigenvalue weighted by Crippen LogP contribution is 2.45. The minimum atomic E-state index is -0.222. The van der Waals surface area contributed by atoms with Gasteiger partial charge in [0.2, 0.25) is 5.91 Å². The molecule has 4 heteroatoms. The summed E-state index contributed by atoms with van der Waals surface area (Å²) in [6, 6.07) is 10.1. The molecule has 1 heterocycles. The van der Waals surface area contributed by atoms with E-state index in [0.29, 0.717) is 0 Å². The molecule has 1 amide bonds. The van der Waals surface area contributed by atoms with Crippen molar-refractivity contribution in [3.8, 4) is 0 Å². The molecule has 17 heavy (non-hydrogen) atoms. The van der Waals surface area contributed by atoms with Crippen molar-refractivity contribution in [3.63, 3.8) is 0 Å². The standard InChI is InChI=1S/C13H16N2OS/c1-8-10(13(16)15-2)12(14)17-11(8)9-6-4-3-5-7-9/h3-7,10,12H,14H2,1-2H3,(H,15,16). The average Bonchev–Trinajstić information content (AvgIpc) is 2.65. The smallest absolute Gasteiger partial charge is 0.229 e. The predicted molar refractivity (Wildman–Crippen MR) is 72.2 cm³/mol. The molecule has 0 saturated heterocycles. The third-order valence-corrected chi connectivity index (χ3v) is 4.31. The lowest BCUT2D eigenvalue weighted by atomic mass is 9.97. The molecule has 0 aromatic heterocycles. The van der Waals surface area contributed by atoms with Crippen LogP contribution in [0.25, 0.3) is 4.91 Å². The van der Waals surface area contributed by atoms with Gasteiger partial charge in [-0.15, -0.1) is 11.8 Å². The predicted octanol–water partition coefficient (Wildman–Crippen LogP) is 1.81. The van der Waals surface area contributed by atoms with Crippen LogP contribution in [0.5, 0.6) is 0 Å². The minimum absolute atomic E-state index is 0.00608. The Balaban J connectivity index is 2.36. The molecular weight excluding hydrogens is 232 g/mol. The molecule has 0 radical (unpaired) electrons. The summed E-state index contributed by atoms with van der Waals surface area (Å²) in [7, 11) is 1.65. The molecule has 3 N–H and O–H groups in total. The highest BCUT2D eigenvalue weighted by atomic mass is 32.2. The summed E-state index contributed by atoms with van der Waals surface area (Å²) >= 11 is 1.58. The van der Waals surface area contributed by atoms with E-state index in [2.05, 4.69) is 5.32 Å². The Morgan fingerprint density at radius 1 is 1.35 bits per heavy atom. The van der Waals surface area contributed by atoms with Crippen LogP contribution in [0.3, 0.4) is 0 Å². The van der Waals surface area contributed by atoms with Crippen LogP contribution in [0.1, 0.15) is 12.5 Å². The highest BCUT2D eigenvalue weighted by molar-refractivity contribution is 8.09. The van der Waals surface area contributed by atoms with Gasteiger partial charge in [0.25, 0.3) is 0 Å². The first-order valence-corrected chi connectivity index (χ1v) is 6.43. The zero-order valence-electron chi connectivity index (χ0n) is 9.94. The van der Waals surface area contributed by atoms with Crippen LogP contribution in [-0.4, -0.2) is 18.3 Å². The lowest BCUT2D eigenvalue weighted by molar-refractivity contribution is -0.123. The van der Waals surface area contributed by atoms with Gasteiger partial charge < -0.3 is 11.1 Å². The van der Waals surface area contributed by atoms with E-state index in [4.69, 9.17) is 5.73 Å². The van der Waals surface area contributed by atoms with Gasteiger partial charge in [-0.3, -0.25) is 4.79 Å². The topological polar surface area (TPSA) is 55.1 Å². The Labute approximate surface area is 105 Å². The summed E-state index contributed by atoms with van der Waals surface area (Å²) in [5.41, 5.74) is 8.23. The van der Waals surface area contributed by atoms with Crippen molar-refractivity contribution >= 4 is 22.6 Å². The van der Waals surface area contributed by atoms with Gasteiger partial charge in [0.05, 0.1) is 11.3 Å². The van der Waals surface area contributed by atoms with E-state index in [1.54, 1.807) is 18.8 Å². The molecule has 90 valence electrons. The quantitative estimate of drug-likeness (QED) is 0.839. The van der Waals surface area contributed by atoms with Crippen LogP contribution < -0.4 is 11.1 Å². The second kappa shape index (κ2) is 4.94. The van der Waals surface area contributed by atoms with Crippen LogP contribution in [0.2, 0.25) is 0 Å². The van der Waals surface area contributed by atoms with Crippen LogP contribution in [0.4, 0.5) is 0 Å². The monoisotopic (exact) mass is 248 g/mol. The van der Waals surface area contributed by atoms with Crippen molar-refractivity contribution in [2.24, 2.45) is 11.7 Å². The number of nitrogens with one attached hydrogen (secondary N) is 1. The molecule has 1 aromatic rings. The molecule has 0 bridgehead atoms. The second-order valence-electron chi connectivity index (χ2n) is 4.05. The van der Waals surface area contributed by atoms with Crippen molar-refractivity contribution in [2.45, 2.75) is 12.3 Å². The third-order valence-electron chi connectivity index (χ3n) is 2.97. The third kappa shape index (κ3) is 2.23. The zero-order chi connectivity index (χ0) is 12.4. The summed E-state index contributed by atoms with van der Waals surface area (Å²) in [4.78, 5) is 12.9. The lowest BCUT2D eigenvalue weighted by Gasteiger charge is -2.14. The van der Waals surface area contributed by atoms with Crippen LogP contribution >= 0.6 is 11.8 Å². The van der Waals surface area contributed by atoms with Crippen molar-refractivity contribution in [3.05, 3.63) is 41.5 Å². The van der Waals surface area contributed by atoms with Crippen molar-refractivity contribution in [1.82, 2.24) is 5.32 Å². The number of amides is 1. The van der Waals surface area contributed by atoms with Gasteiger partial charge in [-0.2, -0.15) is 0 Å². The second-order valence-corrected chi connectivity index (χ2v) is 5.24. The van der Waals surface area contributed by atoms with Crippen LogP contribution in [-0.2, 0) is 4.79 Å². The van der Waals surface area contributed by atoms with Crippen molar-refractivity contribution < 1.29 is 4.79 Å². The Morgan fingerprint density at radius 3 is 2.59 bits per heavy atom. The Hall–Kier alpha value is -1.26. The number of hydrogen-bond donors (Lipinski definition) is 2. The largest absolute Gasteiger partial charge is 0.359 e. The van der Waals surface area contributed by atoms with Gasteiger partial charge in [-0.25, -0.2) is 0 Å². The normalized spacial score (nSPS) is 23.9. The minimum Gasteiger partial charge on any atom is -0.359 e. The van der Waals surface area contributed by atoms with Crippen LogP contribution in [0.15, 0.2) is 35.9 Å². The molecule has 1 aliphatic heterocycles. The molecular formula is C13H16N2OS. The molecule has 2 rings (SSSR count). The van der Waals surface area contributed by atoms with Gasteiger partial charge in [0.15, 0.2) is 0 Å². The average molecular weight is 248 g/mol. The summed E-state index contributed by atoms with van der Waals surface area (Å²) < 4.78 is 0. The summed E-state index contributed by atoms with van der Waals surface area (Å²) in [5, 5.41) is 2.48. The molecule has 0 fully saturated rings.